The lowest BCUT2D eigenvalue weighted by Crippen LogP contribution is -2.50. The molecule has 0 atom stereocenters. The third-order valence-electron chi connectivity index (χ3n) is 5.33. The summed E-state index contributed by atoms with van der Waals surface area (Å²) in [7, 11) is 1.60. The number of nitrogens with zero attached hydrogens (tertiary/aromatic N) is 5. The van der Waals surface area contributed by atoms with Crippen molar-refractivity contribution in [2.24, 2.45) is 0 Å². The highest BCUT2D eigenvalue weighted by molar-refractivity contribution is 5.78. The third-order valence-corrected chi connectivity index (χ3v) is 5.33. The van der Waals surface area contributed by atoms with Gasteiger partial charge >= 0.3 is 0 Å². The van der Waals surface area contributed by atoms with E-state index in [0.717, 1.165) is 51.0 Å². The van der Waals surface area contributed by atoms with E-state index in [1.54, 1.807) is 13.2 Å². The van der Waals surface area contributed by atoms with Crippen molar-refractivity contribution in [3.8, 4) is 11.5 Å². The predicted octanol–water partition coefficient (Wildman–Crippen LogP) is 1.05. The number of morpholine rings is 1. The normalized spacial score (nSPS) is 17.0. The summed E-state index contributed by atoms with van der Waals surface area (Å²) in [6.45, 7) is 5.84. The number of anilines is 2. The van der Waals surface area contributed by atoms with E-state index in [2.05, 4.69) is 20.0 Å². The minimum absolute atomic E-state index is 0.0151. The molecule has 1 amide bonds. The molecule has 0 N–H and O–H groups in total. The van der Waals surface area contributed by atoms with E-state index in [1.807, 2.05) is 35.2 Å². The van der Waals surface area contributed by atoms with E-state index in [0.29, 0.717) is 24.6 Å². The Bertz CT molecular complexity index is 834. The summed E-state index contributed by atoms with van der Waals surface area (Å²) in [5.74, 6) is 3.02. The van der Waals surface area contributed by atoms with Crippen LogP contribution in [0.25, 0.3) is 0 Å². The van der Waals surface area contributed by atoms with Gasteiger partial charge in [0.2, 0.25) is 0 Å². The molecule has 2 saturated heterocycles. The van der Waals surface area contributed by atoms with Crippen LogP contribution in [0.3, 0.4) is 0 Å². The Morgan fingerprint density at radius 2 is 1.57 bits per heavy atom. The Kier molecular flexibility index (Phi) is 6.48. The van der Waals surface area contributed by atoms with Crippen molar-refractivity contribution in [3.63, 3.8) is 0 Å². The highest BCUT2D eigenvalue weighted by atomic mass is 16.5. The standard InChI is InChI=1S/C21H27N5O4/c1-28-17-3-2-4-18(15-17)30-16-21(27)26-9-7-24(8-10-26)19-5-6-20(23-22-19)25-11-13-29-14-12-25/h2-6,15H,7-14,16H2,1H3. The van der Waals surface area contributed by atoms with Gasteiger partial charge in [0.1, 0.15) is 11.5 Å². The second-order valence-corrected chi connectivity index (χ2v) is 7.18. The quantitative estimate of drug-likeness (QED) is 0.695. The number of carbonyl (C=O) groups excluding carboxylic acids is 1. The molecule has 2 aliphatic heterocycles. The van der Waals surface area contributed by atoms with Crippen LogP contribution >= 0.6 is 0 Å². The monoisotopic (exact) mass is 413 g/mol. The van der Waals surface area contributed by atoms with Gasteiger partial charge in [0.15, 0.2) is 18.2 Å². The summed E-state index contributed by atoms with van der Waals surface area (Å²) in [5.41, 5.74) is 0. The van der Waals surface area contributed by atoms with Crippen LogP contribution in [-0.2, 0) is 9.53 Å². The van der Waals surface area contributed by atoms with Gasteiger partial charge in [0.25, 0.3) is 5.91 Å². The Hall–Kier alpha value is -3.07. The number of methoxy groups -OCH3 is 1. The lowest BCUT2D eigenvalue weighted by Gasteiger charge is -2.35. The molecule has 0 bridgehead atoms. The molecule has 0 aliphatic carbocycles. The van der Waals surface area contributed by atoms with Crippen LogP contribution in [0.2, 0.25) is 0 Å². The predicted molar refractivity (Wildman–Crippen MR) is 112 cm³/mol. The van der Waals surface area contributed by atoms with Crippen LogP contribution in [0.15, 0.2) is 36.4 Å². The number of piperazine rings is 1. The van der Waals surface area contributed by atoms with E-state index >= 15 is 0 Å². The lowest BCUT2D eigenvalue weighted by molar-refractivity contribution is -0.133. The average molecular weight is 413 g/mol. The van der Waals surface area contributed by atoms with Crippen LogP contribution < -0.4 is 19.3 Å². The molecule has 160 valence electrons. The first-order chi connectivity index (χ1) is 14.7. The maximum absolute atomic E-state index is 12.5. The first-order valence-corrected chi connectivity index (χ1v) is 10.2. The fourth-order valence-corrected chi connectivity index (χ4v) is 3.56. The van der Waals surface area contributed by atoms with Crippen molar-refractivity contribution >= 4 is 17.5 Å². The van der Waals surface area contributed by atoms with Crippen molar-refractivity contribution in [1.82, 2.24) is 15.1 Å². The van der Waals surface area contributed by atoms with Gasteiger partial charge in [-0.3, -0.25) is 4.79 Å². The first kappa shape index (κ1) is 20.2. The number of aromatic nitrogens is 2. The molecule has 2 fully saturated rings. The minimum atomic E-state index is -0.0220. The van der Waals surface area contributed by atoms with Crippen LogP contribution in [0, 0.1) is 0 Å². The molecule has 1 aromatic heterocycles. The van der Waals surface area contributed by atoms with Crippen LogP contribution in [0.5, 0.6) is 11.5 Å². The lowest BCUT2D eigenvalue weighted by atomic mass is 10.3. The number of rotatable bonds is 6. The molecule has 1 aromatic carbocycles. The molecule has 2 aliphatic rings. The zero-order valence-corrected chi connectivity index (χ0v) is 17.2. The molecule has 0 unspecified atom stereocenters. The number of hydrogen-bond donors (Lipinski definition) is 0. The van der Waals surface area contributed by atoms with Crippen LogP contribution in [0.1, 0.15) is 0 Å². The van der Waals surface area contributed by atoms with Crippen molar-refractivity contribution in [2.75, 3.05) is 76.0 Å². The van der Waals surface area contributed by atoms with E-state index < -0.39 is 0 Å². The average Bonchev–Trinajstić information content (AvgIpc) is 2.83. The first-order valence-electron chi connectivity index (χ1n) is 10.2. The second-order valence-electron chi connectivity index (χ2n) is 7.18. The van der Waals surface area contributed by atoms with Gasteiger partial charge in [-0.2, -0.15) is 0 Å². The SMILES string of the molecule is COc1cccc(OCC(=O)N2CCN(c3ccc(N4CCOCC4)nn3)CC2)c1. The topological polar surface area (TPSA) is 80.3 Å². The number of amides is 1. The second kappa shape index (κ2) is 9.62. The fourth-order valence-electron chi connectivity index (χ4n) is 3.56. The smallest absolute Gasteiger partial charge is 0.260 e. The zero-order chi connectivity index (χ0) is 20.8. The molecule has 0 saturated carbocycles. The van der Waals surface area contributed by atoms with Gasteiger partial charge in [0.05, 0.1) is 20.3 Å². The highest BCUT2D eigenvalue weighted by Crippen LogP contribution is 2.20. The Balaban J connectivity index is 1.25. The van der Waals surface area contributed by atoms with Gasteiger partial charge < -0.3 is 28.9 Å². The molecule has 9 heteroatoms. The summed E-state index contributed by atoms with van der Waals surface area (Å²) < 4.78 is 16.2. The van der Waals surface area contributed by atoms with Gasteiger partial charge in [-0.25, -0.2) is 0 Å². The molecule has 0 spiro atoms. The van der Waals surface area contributed by atoms with Gasteiger partial charge in [-0.05, 0) is 24.3 Å². The van der Waals surface area contributed by atoms with Gasteiger partial charge in [-0.15, -0.1) is 10.2 Å². The summed E-state index contributed by atoms with van der Waals surface area (Å²) in [6.07, 6.45) is 0. The number of hydrogen-bond acceptors (Lipinski definition) is 8. The van der Waals surface area contributed by atoms with Crippen molar-refractivity contribution in [3.05, 3.63) is 36.4 Å². The van der Waals surface area contributed by atoms with Crippen molar-refractivity contribution in [1.29, 1.82) is 0 Å². The van der Waals surface area contributed by atoms with E-state index in [9.17, 15) is 4.79 Å². The fraction of sp³-hybridized carbons (Fsp3) is 0.476. The molecule has 0 radical (unpaired) electrons. The molecule has 2 aromatic rings. The highest BCUT2D eigenvalue weighted by Gasteiger charge is 2.23. The Morgan fingerprint density at radius 1 is 0.933 bits per heavy atom. The molecular weight excluding hydrogens is 386 g/mol. The summed E-state index contributed by atoms with van der Waals surface area (Å²) in [4.78, 5) is 18.7. The van der Waals surface area contributed by atoms with E-state index in [-0.39, 0.29) is 12.5 Å². The largest absolute Gasteiger partial charge is 0.497 e. The third kappa shape index (κ3) is 4.91. The van der Waals surface area contributed by atoms with Crippen LogP contribution in [-0.4, -0.2) is 87.2 Å². The van der Waals surface area contributed by atoms with Crippen molar-refractivity contribution in [2.45, 2.75) is 0 Å². The maximum Gasteiger partial charge on any atom is 0.260 e. The Labute approximate surface area is 176 Å². The molecule has 4 rings (SSSR count). The number of benzene rings is 1. The van der Waals surface area contributed by atoms with Crippen molar-refractivity contribution < 1.29 is 19.0 Å². The molecular formula is C21H27N5O4. The van der Waals surface area contributed by atoms with E-state index in [1.165, 1.54) is 0 Å². The van der Waals surface area contributed by atoms with Crippen LogP contribution in [0.4, 0.5) is 11.6 Å². The molecule has 30 heavy (non-hydrogen) atoms. The minimum Gasteiger partial charge on any atom is -0.497 e. The summed E-state index contributed by atoms with van der Waals surface area (Å²) in [6, 6.07) is 11.3. The number of ether oxygens (including phenoxy) is 3. The van der Waals surface area contributed by atoms with E-state index in [4.69, 9.17) is 14.2 Å². The van der Waals surface area contributed by atoms with Gasteiger partial charge in [-0.1, -0.05) is 6.07 Å². The molecule has 3 heterocycles. The van der Waals surface area contributed by atoms with Gasteiger partial charge in [0, 0.05) is 45.3 Å². The zero-order valence-electron chi connectivity index (χ0n) is 17.2. The number of carbonyl (C=O) groups is 1. The summed E-state index contributed by atoms with van der Waals surface area (Å²) >= 11 is 0. The molecule has 9 nitrogen and oxygen atoms in total. The summed E-state index contributed by atoms with van der Waals surface area (Å²) in [5, 5.41) is 8.77. The Morgan fingerprint density at radius 3 is 2.20 bits per heavy atom. The maximum atomic E-state index is 12.5.